The van der Waals surface area contributed by atoms with Crippen LogP contribution < -0.4 is 10.9 Å². The first-order valence-corrected chi connectivity index (χ1v) is 13.2. The van der Waals surface area contributed by atoms with Crippen molar-refractivity contribution >= 4 is 17.7 Å². The van der Waals surface area contributed by atoms with Gasteiger partial charge in [0.25, 0.3) is 0 Å². The highest BCUT2D eigenvalue weighted by Gasteiger charge is 2.57. The second-order valence-corrected chi connectivity index (χ2v) is 10.7. The average Bonchev–Trinajstić information content (AvgIpc) is 3.56. The standard InChI is InChI=1S/C29H36N4O3/c1-3-7-23-16-24(31-30-23)19-32(2)26(34)17-29(18-27(35)33(28(29)36)25-14-15-25)22-12-10-21(11-13-22)20-8-5-4-6-9-20/h4-6,8-13,23-25,30-31H,3,7,14-19H2,1-2H3. The number of carbonyl (C=O) groups excluding carboxylic acids is 3. The molecule has 2 aliphatic heterocycles. The van der Waals surface area contributed by atoms with Crippen LogP contribution in [0.1, 0.15) is 57.4 Å². The molecule has 0 bridgehead atoms. The molecule has 5 rings (SSSR count). The molecule has 3 atom stereocenters. The number of hydrogen-bond acceptors (Lipinski definition) is 5. The van der Waals surface area contributed by atoms with Crippen molar-refractivity contribution in [2.24, 2.45) is 0 Å². The van der Waals surface area contributed by atoms with E-state index in [1.807, 2.05) is 54.6 Å². The van der Waals surface area contributed by atoms with E-state index in [9.17, 15) is 14.4 Å². The first kappa shape index (κ1) is 24.7. The van der Waals surface area contributed by atoms with Crippen LogP contribution in [-0.2, 0) is 19.8 Å². The van der Waals surface area contributed by atoms with Crippen LogP contribution in [0, 0.1) is 0 Å². The van der Waals surface area contributed by atoms with Gasteiger partial charge in [-0.2, -0.15) is 0 Å². The monoisotopic (exact) mass is 488 g/mol. The van der Waals surface area contributed by atoms with E-state index in [2.05, 4.69) is 17.8 Å². The Morgan fingerprint density at radius 3 is 2.33 bits per heavy atom. The average molecular weight is 489 g/mol. The summed E-state index contributed by atoms with van der Waals surface area (Å²) in [5, 5.41) is 0. The molecule has 2 N–H and O–H groups in total. The minimum atomic E-state index is -1.15. The zero-order valence-electron chi connectivity index (χ0n) is 21.2. The highest BCUT2D eigenvalue weighted by Crippen LogP contribution is 2.44. The lowest BCUT2D eigenvalue weighted by molar-refractivity contribution is -0.143. The molecular formula is C29H36N4O3. The summed E-state index contributed by atoms with van der Waals surface area (Å²) in [6.45, 7) is 2.73. The van der Waals surface area contributed by atoms with Crippen molar-refractivity contribution in [3.05, 3.63) is 60.2 Å². The quantitative estimate of drug-likeness (QED) is 0.529. The molecule has 3 amide bonds. The lowest BCUT2D eigenvalue weighted by atomic mass is 9.75. The Bertz CT molecular complexity index is 1120. The first-order chi connectivity index (χ1) is 17.4. The maximum absolute atomic E-state index is 13.8. The molecule has 3 unspecified atom stereocenters. The lowest BCUT2D eigenvalue weighted by Gasteiger charge is -2.30. The van der Waals surface area contributed by atoms with Gasteiger partial charge in [-0.3, -0.25) is 30.1 Å². The van der Waals surface area contributed by atoms with Gasteiger partial charge in [-0.25, -0.2) is 0 Å². The Balaban J connectivity index is 1.37. The van der Waals surface area contributed by atoms with Crippen molar-refractivity contribution in [1.29, 1.82) is 0 Å². The molecule has 190 valence electrons. The molecule has 0 radical (unpaired) electrons. The van der Waals surface area contributed by atoms with E-state index in [1.54, 1.807) is 11.9 Å². The minimum absolute atomic E-state index is 0.000510. The van der Waals surface area contributed by atoms with Gasteiger partial charge in [0.1, 0.15) is 0 Å². The van der Waals surface area contributed by atoms with E-state index in [1.165, 1.54) is 4.90 Å². The predicted octanol–water partition coefficient (Wildman–Crippen LogP) is 3.40. The largest absolute Gasteiger partial charge is 0.344 e. The molecule has 36 heavy (non-hydrogen) atoms. The van der Waals surface area contributed by atoms with Gasteiger partial charge < -0.3 is 4.90 Å². The van der Waals surface area contributed by atoms with Crippen molar-refractivity contribution < 1.29 is 14.4 Å². The molecule has 1 aliphatic carbocycles. The van der Waals surface area contributed by atoms with Crippen LogP contribution in [-0.4, -0.2) is 59.2 Å². The predicted molar refractivity (Wildman–Crippen MR) is 139 cm³/mol. The summed E-state index contributed by atoms with van der Waals surface area (Å²) in [4.78, 5) is 43.5. The molecule has 2 aromatic carbocycles. The van der Waals surface area contributed by atoms with Crippen LogP contribution in [0.5, 0.6) is 0 Å². The zero-order valence-corrected chi connectivity index (χ0v) is 21.2. The van der Waals surface area contributed by atoms with Crippen molar-refractivity contribution in [3.63, 3.8) is 0 Å². The van der Waals surface area contributed by atoms with E-state index in [0.29, 0.717) is 12.6 Å². The normalized spacial score (nSPS) is 26.0. The van der Waals surface area contributed by atoms with Gasteiger partial charge >= 0.3 is 0 Å². The molecule has 3 fully saturated rings. The summed E-state index contributed by atoms with van der Waals surface area (Å²) in [6.07, 6.45) is 4.93. The second-order valence-electron chi connectivity index (χ2n) is 10.7. The van der Waals surface area contributed by atoms with Crippen LogP contribution in [0.2, 0.25) is 0 Å². The first-order valence-electron chi connectivity index (χ1n) is 13.2. The Morgan fingerprint density at radius 1 is 1.00 bits per heavy atom. The highest BCUT2D eigenvalue weighted by molar-refractivity contribution is 6.11. The summed E-state index contributed by atoms with van der Waals surface area (Å²) in [7, 11) is 1.79. The smallest absolute Gasteiger partial charge is 0.241 e. The number of imide groups is 1. The van der Waals surface area contributed by atoms with E-state index in [0.717, 1.165) is 48.8 Å². The Morgan fingerprint density at radius 2 is 1.67 bits per heavy atom. The number of hydrazine groups is 1. The topological polar surface area (TPSA) is 81.8 Å². The molecular weight excluding hydrogens is 452 g/mol. The molecule has 0 aromatic heterocycles. The maximum Gasteiger partial charge on any atom is 0.241 e. The van der Waals surface area contributed by atoms with Crippen LogP contribution in [0.25, 0.3) is 11.1 Å². The molecule has 0 spiro atoms. The molecule has 2 aromatic rings. The molecule has 3 aliphatic rings. The number of likely N-dealkylation sites (tertiary alicyclic amines) is 1. The SMILES string of the molecule is CCCC1CC(CN(C)C(=O)CC2(c3ccc(-c4ccccc4)cc3)CC(=O)N(C3CC3)C2=O)NN1. The van der Waals surface area contributed by atoms with Gasteiger partial charge in [0.15, 0.2) is 0 Å². The van der Waals surface area contributed by atoms with Crippen molar-refractivity contribution in [2.45, 2.75) is 75.4 Å². The Hall–Kier alpha value is -3.03. The van der Waals surface area contributed by atoms with E-state index >= 15 is 0 Å². The Kier molecular flexibility index (Phi) is 6.95. The number of amides is 3. The van der Waals surface area contributed by atoms with Gasteiger partial charge in [-0.15, -0.1) is 0 Å². The van der Waals surface area contributed by atoms with E-state index in [-0.39, 0.29) is 42.6 Å². The summed E-state index contributed by atoms with van der Waals surface area (Å²) in [5.41, 5.74) is 8.35. The van der Waals surface area contributed by atoms with Crippen LogP contribution in [0.3, 0.4) is 0 Å². The van der Waals surface area contributed by atoms with Gasteiger partial charge in [-0.05, 0) is 42.4 Å². The second kappa shape index (κ2) is 10.1. The minimum Gasteiger partial charge on any atom is -0.344 e. The van der Waals surface area contributed by atoms with Crippen LogP contribution in [0.15, 0.2) is 54.6 Å². The van der Waals surface area contributed by atoms with E-state index < -0.39 is 5.41 Å². The zero-order chi connectivity index (χ0) is 25.3. The molecule has 2 saturated heterocycles. The fraction of sp³-hybridized carbons (Fsp3) is 0.483. The molecule has 1 saturated carbocycles. The Labute approximate surface area is 213 Å². The van der Waals surface area contributed by atoms with Crippen molar-refractivity contribution in [2.75, 3.05) is 13.6 Å². The number of likely N-dealkylation sites (N-methyl/N-ethyl adjacent to an activating group) is 1. The van der Waals surface area contributed by atoms with Crippen molar-refractivity contribution in [1.82, 2.24) is 20.7 Å². The van der Waals surface area contributed by atoms with Crippen LogP contribution >= 0.6 is 0 Å². The summed E-state index contributed by atoms with van der Waals surface area (Å²) in [5.74, 6) is -0.483. The van der Waals surface area contributed by atoms with E-state index in [4.69, 9.17) is 0 Å². The van der Waals surface area contributed by atoms with Gasteiger partial charge in [0.2, 0.25) is 17.7 Å². The number of carbonyl (C=O) groups is 3. The summed E-state index contributed by atoms with van der Waals surface area (Å²) < 4.78 is 0. The lowest BCUT2D eigenvalue weighted by Crippen LogP contribution is -2.46. The van der Waals surface area contributed by atoms with Gasteiger partial charge in [0.05, 0.1) is 5.41 Å². The molecule has 7 nitrogen and oxygen atoms in total. The van der Waals surface area contributed by atoms with Gasteiger partial charge in [0, 0.05) is 44.6 Å². The third kappa shape index (κ3) is 4.82. The van der Waals surface area contributed by atoms with Crippen molar-refractivity contribution in [3.8, 4) is 11.1 Å². The van der Waals surface area contributed by atoms with Crippen LogP contribution in [0.4, 0.5) is 0 Å². The molecule has 7 heteroatoms. The summed E-state index contributed by atoms with van der Waals surface area (Å²) in [6, 6.07) is 18.4. The number of nitrogens with one attached hydrogen (secondary N) is 2. The highest BCUT2D eigenvalue weighted by atomic mass is 16.2. The maximum atomic E-state index is 13.8. The summed E-state index contributed by atoms with van der Waals surface area (Å²) >= 11 is 0. The third-order valence-electron chi connectivity index (χ3n) is 7.88. The fourth-order valence-corrected chi connectivity index (χ4v) is 5.72. The molecule has 2 heterocycles. The number of benzene rings is 2. The van der Waals surface area contributed by atoms with Gasteiger partial charge in [-0.1, -0.05) is 67.9 Å². The number of nitrogens with zero attached hydrogens (tertiary/aromatic N) is 2. The fourth-order valence-electron chi connectivity index (χ4n) is 5.72. The number of rotatable bonds is 9. The third-order valence-corrected chi connectivity index (χ3v) is 7.88. The number of hydrogen-bond donors (Lipinski definition) is 2.